The Bertz CT molecular complexity index is 745. The first-order chi connectivity index (χ1) is 12.4. The minimum absolute atomic E-state index is 0.149. The Morgan fingerprint density at radius 1 is 1.15 bits per heavy atom. The number of carbonyl (C=O) groups excluding carboxylic acids is 2. The molecule has 1 aliphatic carbocycles. The smallest absolute Gasteiger partial charge is 0.332 e. The summed E-state index contributed by atoms with van der Waals surface area (Å²) >= 11 is 0. The molecule has 1 aromatic carbocycles. The van der Waals surface area contributed by atoms with Crippen LogP contribution in [0.15, 0.2) is 36.5 Å². The molecule has 2 aliphatic rings. The van der Waals surface area contributed by atoms with E-state index in [9.17, 15) is 9.59 Å². The Morgan fingerprint density at radius 3 is 2.46 bits per heavy atom. The zero-order valence-electron chi connectivity index (χ0n) is 15.6. The minimum Gasteiger partial charge on any atom is -0.469 e. The van der Waals surface area contributed by atoms with E-state index in [4.69, 9.17) is 14.2 Å². The summed E-state index contributed by atoms with van der Waals surface area (Å²) in [6.07, 6.45) is 0.571. The molecule has 5 unspecified atom stereocenters. The Hall–Kier alpha value is -2.34. The first-order valence-corrected chi connectivity index (χ1v) is 8.62. The first-order valence-electron chi connectivity index (χ1n) is 8.62. The molecule has 6 heteroatoms. The summed E-state index contributed by atoms with van der Waals surface area (Å²) in [7, 11) is 4.30. The van der Waals surface area contributed by atoms with E-state index in [2.05, 4.69) is 11.9 Å². The summed E-state index contributed by atoms with van der Waals surface area (Å²) in [6.45, 7) is 5.82. The fourth-order valence-electron chi connectivity index (χ4n) is 4.62. The highest BCUT2D eigenvalue weighted by Gasteiger charge is 2.60. The lowest BCUT2D eigenvalue weighted by atomic mass is 9.59. The van der Waals surface area contributed by atoms with E-state index in [-0.39, 0.29) is 17.9 Å². The predicted octanol–water partition coefficient (Wildman–Crippen LogP) is 1.80. The molecule has 1 aliphatic heterocycles. The third kappa shape index (κ3) is 2.60. The van der Waals surface area contributed by atoms with Crippen LogP contribution in [0.4, 0.5) is 0 Å². The van der Waals surface area contributed by atoms with Gasteiger partial charge in [-0.25, -0.2) is 4.79 Å². The molecular weight excluding hydrogens is 334 g/mol. The van der Waals surface area contributed by atoms with Gasteiger partial charge < -0.3 is 19.5 Å². The lowest BCUT2D eigenvalue weighted by Gasteiger charge is -2.52. The molecule has 5 atom stereocenters. The van der Waals surface area contributed by atoms with Crippen molar-refractivity contribution in [1.29, 1.82) is 0 Å². The summed E-state index contributed by atoms with van der Waals surface area (Å²) in [5, 5.41) is 3.15. The van der Waals surface area contributed by atoms with E-state index in [1.54, 1.807) is 14.0 Å². The zero-order valence-corrected chi connectivity index (χ0v) is 15.6. The van der Waals surface area contributed by atoms with Crippen molar-refractivity contribution in [1.82, 2.24) is 5.32 Å². The number of methoxy groups -OCH3 is 3. The van der Waals surface area contributed by atoms with Gasteiger partial charge in [0.05, 0.1) is 26.2 Å². The number of piperidine rings is 1. The molecule has 0 amide bonds. The Kier molecular flexibility index (Phi) is 4.80. The van der Waals surface area contributed by atoms with Crippen LogP contribution in [0.2, 0.25) is 0 Å². The average molecular weight is 359 g/mol. The van der Waals surface area contributed by atoms with Gasteiger partial charge in [0.25, 0.3) is 0 Å². The fourth-order valence-corrected chi connectivity index (χ4v) is 4.62. The Labute approximate surface area is 153 Å². The van der Waals surface area contributed by atoms with Gasteiger partial charge in [-0.15, -0.1) is 0 Å². The van der Waals surface area contributed by atoms with Gasteiger partial charge in [-0.2, -0.15) is 0 Å². The van der Waals surface area contributed by atoms with Crippen LogP contribution in [-0.4, -0.2) is 44.9 Å². The quantitative estimate of drug-likeness (QED) is 0.830. The molecule has 1 heterocycles. The van der Waals surface area contributed by atoms with Crippen LogP contribution in [0.25, 0.3) is 0 Å². The van der Waals surface area contributed by atoms with E-state index in [1.807, 2.05) is 24.3 Å². The summed E-state index contributed by atoms with van der Waals surface area (Å²) in [5.74, 6) is -2.20. The van der Waals surface area contributed by atoms with Crippen LogP contribution >= 0.6 is 0 Å². The van der Waals surface area contributed by atoms with Crippen LogP contribution in [0, 0.1) is 11.8 Å². The lowest BCUT2D eigenvalue weighted by molar-refractivity contribution is -0.165. The van der Waals surface area contributed by atoms with Crippen molar-refractivity contribution in [2.75, 3.05) is 21.3 Å². The van der Waals surface area contributed by atoms with Crippen molar-refractivity contribution in [2.24, 2.45) is 11.8 Å². The van der Waals surface area contributed by atoms with Crippen molar-refractivity contribution < 1.29 is 23.8 Å². The van der Waals surface area contributed by atoms with E-state index >= 15 is 0 Å². The normalized spacial score (nSPS) is 32.7. The highest BCUT2D eigenvalue weighted by Crippen LogP contribution is 2.51. The van der Waals surface area contributed by atoms with Crippen LogP contribution in [0.3, 0.4) is 0 Å². The SMILES string of the molecule is C=C1NC(C)(C(=O)OC)C(C(=O)OC)C2c3ccccc3CC(OC)C12. The zero-order chi connectivity index (χ0) is 19.1. The summed E-state index contributed by atoms with van der Waals surface area (Å²) < 4.78 is 15.8. The van der Waals surface area contributed by atoms with Crippen molar-refractivity contribution in [3.8, 4) is 0 Å². The van der Waals surface area contributed by atoms with E-state index < -0.39 is 23.4 Å². The maximum Gasteiger partial charge on any atom is 0.332 e. The van der Waals surface area contributed by atoms with E-state index in [0.717, 1.165) is 17.5 Å². The van der Waals surface area contributed by atoms with E-state index in [0.29, 0.717) is 5.70 Å². The minimum atomic E-state index is -1.27. The van der Waals surface area contributed by atoms with Crippen molar-refractivity contribution in [3.63, 3.8) is 0 Å². The van der Waals surface area contributed by atoms with Crippen molar-refractivity contribution >= 4 is 11.9 Å². The molecule has 3 rings (SSSR count). The van der Waals surface area contributed by atoms with Gasteiger partial charge >= 0.3 is 11.9 Å². The maximum absolute atomic E-state index is 12.8. The van der Waals surface area contributed by atoms with Crippen molar-refractivity contribution in [3.05, 3.63) is 47.7 Å². The van der Waals surface area contributed by atoms with Gasteiger partial charge in [0, 0.05) is 24.6 Å². The van der Waals surface area contributed by atoms with Gasteiger partial charge in [-0.05, 0) is 24.5 Å². The summed E-state index contributed by atoms with van der Waals surface area (Å²) in [6, 6.07) is 7.95. The van der Waals surface area contributed by atoms with Gasteiger partial charge in [0.1, 0.15) is 5.54 Å². The highest BCUT2D eigenvalue weighted by molar-refractivity contribution is 5.90. The number of rotatable bonds is 3. The maximum atomic E-state index is 12.8. The number of ether oxygens (including phenoxy) is 3. The van der Waals surface area contributed by atoms with Gasteiger partial charge in [0.15, 0.2) is 0 Å². The number of hydrogen-bond donors (Lipinski definition) is 1. The van der Waals surface area contributed by atoms with Crippen LogP contribution in [0.1, 0.15) is 24.0 Å². The number of esters is 2. The monoisotopic (exact) mass is 359 g/mol. The molecule has 26 heavy (non-hydrogen) atoms. The van der Waals surface area contributed by atoms with Gasteiger partial charge in [0.2, 0.25) is 0 Å². The number of benzene rings is 1. The first kappa shape index (κ1) is 18.5. The second-order valence-electron chi connectivity index (χ2n) is 7.07. The number of carbonyl (C=O) groups is 2. The number of fused-ring (bicyclic) bond motifs is 3. The molecule has 6 nitrogen and oxygen atoms in total. The largest absolute Gasteiger partial charge is 0.469 e. The van der Waals surface area contributed by atoms with Gasteiger partial charge in [-0.3, -0.25) is 4.79 Å². The second kappa shape index (κ2) is 6.76. The molecule has 1 aromatic rings. The number of nitrogens with one attached hydrogen (secondary N) is 1. The third-order valence-electron chi connectivity index (χ3n) is 5.79. The number of hydrogen-bond acceptors (Lipinski definition) is 6. The lowest BCUT2D eigenvalue weighted by Crippen LogP contribution is -2.66. The molecule has 1 fully saturated rings. The molecule has 0 radical (unpaired) electrons. The topological polar surface area (TPSA) is 73.9 Å². The predicted molar refractivity (Wildman–Crippen MR) is 95.4 cm³/mol. The molecule has 0 bridgehead atoms. The van der Waals surface area contributed by atoms with Crippen LogP contribution in [-0.2, 0) is 30.2 Å². The summed E-state index contributed by atoms with van der Waals surface area (Å²) in [5.41, 5.74) is 1.53. The van der Waals surface area contributed by atoms with Gasteiger partial charge in [-0.1, -0.05) is 30.8 Å². The third-order valence-corrected chi connectivity index (χ3v) is 5.79. The van der Waals surface area contributed by atoms with Crippen LogP contribution in [0.5, 0.6) is 0 Å². The van der Waals surface area contributed by atoms with Crippen LogP contribution < -0.4 is 5.32 Å². The summed E-state index contributed by atoms with van der Waals surface area (Å²) in [4.78, 5) is 25.5. The Morgan fingerprint density at radius 2 is 1.85 bits per heavy atom. The molecule has 1 N–H and O–H groups in total. The molecule has 1 saturated heterocycles. The van der Waals surface area contributed by atoms with Crippen molar-refractivity contribution in [2.45, 2.75) is 30.9 Å². The molecule has 0 spiro atoms. The molecule has 0 saturated carbocycles. The standard InChI is InChI=1S/C20H25NO5/c1-11-15-14(24-3)10-12-8-6-7-9-13(12)16(15)17(18(22)25-4)20(2,21-11)19(23)26-5/h6-9,14-17,21H,1,10H2,2-5H3. The Balaban J connectivity index is 2.23. The van der Waals surface area contributed by atoms with E-state index in [1.165, 1.54) is 14.2 Å². The second-order valence-corrected chi connectivity index (χ2v) is 7.07. The molecular formula is C20H25NO5. The average Bonchev–Trinajstić information content (AvgIpc) is 2.65. The molecule has 140 valence electrons. The fraction of sp³-hybridized carbons (Fsp3) is 0.500. The molecule has 0 aromatic heterocycles. The highest BCUT2D eigenvalue weighted by atomic mass is 16.5.